The van der Waals surface area contributed by atoms with E-state index in [1.54, 1.807) is 11.3 Å². The minimum absolute atomic E-state index is 0.103. The van der Waals surface area contributed by atoms with Crippen LogP contribution >= 0.6 is 22.9 Å². The number of hydrogen-bond donors (Lipinski definition) is 2. The van der Waals surface area contributed by atoms with Gasteiger partial charge in [0.05, 0.1) is 11.4 Å². The van der Waals surface area contributed by atoms with Gasteiger partial charge < -0.3 is 10.6 Å². The number of nitrogens with zero attached hydrogens (tertiary/aromatic N) is 2. The number of rotatable bonds is 4. The molecule has 6 heteroatoms. The SMILES string of the molecule is CNc1nc(NC(C)c2cccc(Cl)c2)c2ccsc2n1. The first-order valence-corrected chi connectivity index (χ1v) is 7.88. The molecule has 21 heavy (non-hydrogen) atoms. The van der Waals surface area contributed by atoms with E-state index in [0.717, 1.165) is 26.6 Å². The normalized spacial score (nSPS) is 12.3. The second kappa shape index (κ2) is 5.87. The van der Waals surface area contributed by atoms with Gasteiger partial charge in [-0.3, -0.25) is 0 Å². The maximum atomic E-state index is 6.06. The van der Waals surface area contributed by atoms with Gasteiger partial charge >= 0.3 is 0 Å². The Bertz CT molecular complexity index is 771. The van der Waals surface area contributed by atoms with E-state index in [0.29, 0.717) is 5.95 Å². The van der Waals surface area contributed by atoms with Crippen molar-refractivity contribution in [1.82, 2.24) is 9.97 Å². The largest absolute Gasteiger partial charge is 0.363 e. The summed E-state index contributed by atoms with van der Waals surface area (Å²) >= 11 is 7.66. The van der Waals surface area contributed by atoms with E-state index in [4.69, 9.17) is 11.6 Å². The Kier molecular flexibility index (Phi) is 3.94. The predicted octanol–water partition coefficient (Wildman–Crippen LogP) is 4.56. The summed E-state index contributed by atoms with van der Waals surface area (Å²) < 4.78 is 0. The molecule has 2 heterocycles. The molecule has 1 aromatic carbocycles. The Labute approximate surface area is 132 Å². The summed E-state index contributed by atoms with van der Waals surface area (Å²) in [5, 5.41) is 10.2. The molecule has 0 aliphatic heterocycles. The zero-order valence-electron chi connectivity index (χ0n) is 11.7. The molecule has 2 N–H and O–H groups in total. The van der Waals surface area contributed by atoms with Gasteiger partial charge in [0.1, 0.15) is 10.6 Å². The number of benzene rings is 1. The molecule has 2 aromatic heterocycles. The van der Waals surface area contributed by atoms with E-state index in [-0.39, 0.29) is 6.04 Å². The Balaban J connectivity index is 1.95. The Morgan fingerprint density at radius 1 is 1.24 bits per heavy atom. The van der Waals surface area contributed by atoms with Crippen LogP contribution in [0.2, 0.25) is 5.02 Å². The first kappa shape index (κ1) is 14.1. The standard InChI is InChI=1S/C15H15ClN4S/c1-9(10-4-3-5-11(16)8-10)18-13-12-6-7-21-14(12)20-15(17-2)19-13/h3-9H,1-2H3,(H2,17,18,19,20). The highest BCUT2D eigenvalue weighted by atomic mass is 35.5. The molecule has 0 aliphatic carbocycles. The molecule has 4 nitrogen and oxygen atoms in total. The third-order valence-electron chi connectivity index (χ3n) is 3.25. The fraction of sp³-hybridized carbons (Fsp3) is 0.200. The second-order valence-corrected chi connectivity index (χ2v) is 6.04. The van der Waals surface area contributed by atoms with Crippen molar-refractivity contribution in [3.63, 3.8) is 0 Å². The maximum Gasteiger partial charge on any atom is 0.225 e. The van der Waals surface area contributed by atoms with E-state index < -0.39 is 0 Å². The summed E-state index contributed by atoms with van der Waals surface area (Å²) in [6.07, 6.45) is 0. The molecule has 1 atom stereocenters. The third kappa shape index (κ3) is 2.94. The van der Waals surface area contributed by atoms with Crippen molar-refractivity contribution in [1.29, 1.82) is 0 Å². The summed E-state index contributed by atoms with van der Waals surface area (Å²) in [5.41, 5.74) is 1.12. The molecular weight excluding hydrogens is 304 g/mol. The summed E-state index contributed by atoms with van der Waals surface area (Å²) in [6, 6.07) is 9.98. The van der Waals surface area contributed by atoms with Crippen LogP contribution < -0.4 is 10.6 Å². The number of aromatic nitrogens is 2. The highest BCUT2D eigenvalue weighted by molar-refractivity contribution is 7.16. The van der Waals surface area contributed by atoms with Gasteiger partial charge in [-0.15, -0.1) is 11.3 Å². The average molecular weight is 319 g/mol. The van der Waals surface area contributed by atoms with Gasteiger partial charge in [-0.25, -0.2) is 4.98 Å². The molecule has 0 amide bonds. The van der Waals surface area contributed by atoms with Crippen molar-refractivity contribution in [2.45, 2.75) is 13.0 Å². The lowest BCUT2D eigenvalue weighted by atomic mass is 10.1. The minimum Gasteiger partial charge on any atom is -0.363 e. The molecule has 1 unspecified atom stereocenters. The van der Waals surface area contributed by atoms with E-state index in [1.807, 2.05) is 36.7 Å². The number of fused-ring (bicyclic) bond motifs is 1. The van der Waals surface area contributed by atoms with Crippen molar-refractivity contribution in [3.05, 3.63) is 46.3 Å². The van der Waals surface area contributed by atoms with E-state index in [1.165, 1.54) is 0 Å². The monoisotopic (exact) mass is 318 g/mol. The first-order chi connectivity index (χ1) is 10.2. The van der Waals surface area contributed by atoms with Gasteiger partial charge in [0, 0.05) is 12.1 Å². The van der Waals surface area contributed by atoms with Crippen LogP contribution in [0.1, 0.15) is 18.5 Å². The molecule has 0 saturated carbocycles. The van der Waals surface area contributed by atoms with Crippen LogP contribution in [0.4, 0.5) is 11.8 Å². The summed E-state index contributed by atoms with van der Waals surface area (Å²) in [4.78, 5) is 9.93. The van der Waals surface area contributed by atoms with Gasteiger partial charge in [-0.1, -0.05) is 23.7 Å². The molecule has 0 fully saturated rings. The molecule has 0 saturated heterocycles. The van der Waals surface area contributed by atoms with Gasteiger partial charge in [0.15, 0.2) is 0 Å². The van der Waals surface area contributed by atoms with Crippen LogP contribution in [0.15, 0.2) is 35.7 Å². The third-order valence-corrected chi connectivity index (χ3v) is 4.29. The zero-order chi connectivity index (χ0) is 14.8. The fourth-order valence-corrected chi connectivity index (χ4v) is 3.10. The van der Waals surface area contributed by atoms with Crippen LogP contribution in [0, 0.1) is 0 Å². The number of hydrogen-bond acceptors (Lipinski definition) is 5. The average Bonchev–Trinajstić information content (AvgIpc) is 2.95. The maximum absolute atomic E-state index is 6.06. The van der Waals surface area contributed by atoms with Crippen molar-refractivity contribution in [2.75, 3.05) is 17.7 Å². The first-order valence-electron chi connectivity index (χ1n) is 6.62. The second-order valence-electron chi connectivity index (χ2n) is 4.71. The molecule has 3 aromatic rings. The van der Waals surface area contributed by atoms with Gasteiger partial charge in [0.25, 0.3) is 0 Å². The molecule has 0 spiro atoms. The smallest absolute Gasteiger partial charge is 0.225 e. The number of nitrogens with one attached hydrogen (secondary N) is 2. The van der Waals surface area contributed by atoms with E-state index in [2.05, 4.69) is 33.6 Å². The lowest BCUT2D eigenvalue weighted by Gasteiger charge is -2.16. The van der Waals surface area contributed by atoms with Crippen LogP contribution in [-0.4, -0.2) is 17.0 Å². The Morgan fingerprint density at radius 2 is 2.10 bits per heavy atom. The number of thiophene rings is 1. The number of anilines is 2. The lowest BCUT2D eigenvalue weighted by Crippen LogP contribution is -2.09. The molecule has 3 rings (SSSR count). The highest BCUT2D eigenvalue weighted by Gasteiger charge is 2.12. The van der Waals surface area contributed by atoms with Crippen LogP contribution in [0.5, 0.6) is 0 Å². The van der Waals surface area contributed by atoms with Gasteiger partial charge in [0.2, 0.25) is 5.95 Å². The quantitative estimate of drug-likeness (QED) is 0.740. The van der Waals surface area contributed by atoms with Gasteiger partial charge in [-0.2, -0.15) is 4.98 Å². The van der Waals surface area contributed by atoms with Crippen LogP contribution in [0.3, 0.4) is 0 Å². The van der Waals surface area contributed by atoms with Crippen molar-refractivity contribution < 1.29 is 0 Å². The van der Waals surface area contributed by atoms with Crippen molar-refractivity contribution in [2.24, 2.45) is 0 Å². The molecule has 0 aliphatic rings. The molecular formula is C15H15ClN4S. The summed E-state index contributed by atoms with van der Waals surface area (Å²) in [6.45, 7) is 2.09. The van der Waals surface area contributed by atoms with Crippen molar-refractivity contribution in [3.8, 4) is 0 Å². The Hall–Kier alpha value is -1.85. The zero-order valence-corrected chi connectivity index (χ0v) is 13.3. The molecule has 108 valence electrons. The van der Waals surface area contributed by atoms with E-state index in [9.17, 15) is 0 Å². The van der Waals surface area contributed by atoms with Crippen molar-refractivity contribution >= 4 is 44.9 Å². The fourth-order valence-electron chi connectivity index (χ4n) is 2.14. The van der Waals surface area contributed by atoms with Crippen LogP contribution in [0.25, 0.3) is 10.2 Å². The number of halogens is 1. The highest BCUT2D eigenvalue weighted by Crippen LogP contribution is 2.29. The topological polar surface area (TPSA) is 49.8 Å². The molecule has 0 bridgehead atoms. The molecule has 0 radical (unpaired) electrons. The minimum atomic E-state index is 0.103. The van der Waals surface area contributed by atoms with E-state index >= 15 is 0 Å². The van der Waals surface area contributed by atoms with Gasteiger partial charge in [-0.05, 0) is 36.1 Å². The Morgan fingerprint density at radius 3 is 2.86 bits per heavy atom. The van der Waals surface area contributed by atoms with Crippen LogP contribution in [-0.2, 0) is 0 Å². The summed E-state index contributed by atoms with van der Waals surface area (Å²) in [7, 11) is 1.82. The predicted molar refractivity (Wildman–Crippen MR) is 90.5 cm³/mol. The lowest BCUT2D eigenvalue weighted by molar-refractivity contribution is 0.876. The summed E-state index contributed by atoms with van der Waals surface area (Å²) in [5.74, 6) is 1.45.